The second kappa shape index (κ2) is 9.22. The molecule has 5 heteroatoms. The van der Waals surface area contributed by atoms with Crippen LogP contribution in [0.4, 0.5) is 0 Å². The molecule has 2 aromatic rings. The Morgan fingerprint density at radius 1 is 1.04 bits per heavy atom. The number of carbonyl (C=O) groups is 2. The van der Waals surface area contributed by atoms with E-state index in [0.29, 0.717) is 5.56 Å². The highest BCUT2D eigenvalue weighted by Gasteiger charge is 2.25. The maximum atomic E-state index is 12.6. The molecule has 0 aliphatic carbocycles. The number of furan rings is 1. The SMILES string of the molecule is Cc1ccc(C(=O)NC(C(=O)NC(C)CCc2ccco2)C(C)C)cc1. The molecular formula is C21H28N2O3. The lowest BCUT2D eigenvalue weighted by molar-refractivity contribution is -0.124. The average molecular weight is 356 g/mol. The standard InChI is InChI=1S/C21H28N2O3/c1-14(2)19(23-20(24)17-10-7-15(3)8-11-17)21(25)22-16(4)9-12-18-6-5-13-26-18/h5-8,10-11,13-14,16,19H,9,12H2,1-4H3,(H,22,25)(H,23,24). The monoisotopic (exact) mass is 356 g/mol. The molecule has 2 unspecified atom stereocenters. The molecule has 1 heterocycles. The predicted molar refractivity (Wildman–Crippen MR) is 102 cm³/mol. The summed E-state index contributed by atoms with van der Waals surface area (Å²) < 4.78 is 5.31. The lowest BCUT2D eigenvalue weighted by Gasteiger charge is -2.24. The van der Waals surface area contributed by atoms with Gasteiger partial charge in [0.2, 0.25) is 5.91 Å². The maximum Gasteiger partial charge on any atom is 0.251 e. The van der Waals surface area contributed by atoms with Gasteiger partial charge < -0.3 is 15.1 Å². The van der Waals surface area contributed by atoms with Crippen LogP contribution in [0.25, 0.3) is 0 Å². The van der Waals surface area contributed by atoms with Crippen molar-refractivity contribution in [3.63, 3.8) is 0 Å². The summed E-state index contributed by atoms with van der Waals surface area (Å²) in [7, 11) is 0. The van der Waals surface area contributed by atoms with Crippen LogP contribution in [0.15, 0.2) is 47.1 Å². The summed E-state index contributed by atoms with van der Waals surface area (Å²) in [5.41, 5.74) is 1.64. The minimum atomic E-state index is -0.574. The Morgan fingerprint density at radius 3 is 2.31 bits per heavy atom. The van der Waals surface area contributed by atoms with Crippen molar-refractivity contribution in [1.82, 2.24) is 10.6 Å². The van der Waals surface area contributed by atoms with Crippen molar-refractivity contribution in [2.75, 3.05) is 0 Å². The number of hydrogen-bond acceptors (Lipinski definition) is 3. The van der Waals surface area contributed by atoms with Crippen molar-refractivity contribution in [2.45, 2.75) is 52.6 Å². The van der Waals surface area contributed by atoms with Crippen molar-refractivity contribution in [3.05, 3.63) is 59.5 Å². The Morgan fingerprint density at radius 2 is 1.73 bits per heavy atom. The van der Waals surface area contributed by atoms with Gasteiger partial charge in [0, 0.05) is 18.0 Å². The predicted octanol–water partition coefficient (Wildman–Crippen LogP) is 3.48. The van der Waals surface area contributed by atoms with E-state index in [4.69, 9.17) is 4.42 Å². The summed E-state index contributed by atoms with van der Waals surface area (Å²) in [6, 6.07) is 10.5. The highest BCUT2D eigenvalue weighted by Crippen LogP contribution is 2.09. The maximum absolute atomic E-state index is 12.6. The van der Waals surface area contributed by atoms with Gasteiger partial charge in [0.15, 0.2) is 0 Å². The Bertz CT molecular complexity index is 705. The first kappa shape index (κ1) is 19.8. The van der Waals surface area contributed by atoms with E-state index in [1.165, 1.54) is 0 Å². The molecule has 0 aliphatic rings. The van der Waals surface area contributed by atoms with Crippen molar-refractivity contribution in [3.8, 4) is 0 Å². The Hall–Kier alpha value is -2.56. The molecule has 2 rings (SSSR count). The van der Waals surface area contributed by atoms with E-state index in [0.717, 1.165) is 24.2 Å². The zero-order chi connectivity index (χ0) is 19.1. The normalized spacial score (nSPS) is 13.3. The molecule has 2 atom stereocenters. The molecule has 0 fully saturated rings. The lowest BCUT2D eigenvalue weighted by atomic mass is 10.0. The van der Waals surface area contributed by atoms with Crippen LogP contribution in [0.5, 0.6) is 0 Å². The van der Waals surface area contributed by atoms with Gasteiger partial charge in [-0.3, -0.25) is 9.59 Å². The van der Waals surface area contributed by atoms with Crippen LogP contribution in [0.2, 0.25) is 0 Å². The molecular weight excluding hydrogens is 328 g/mol. The van der Waals surface area contributed by atoms with E-state index < -0.39 is 6.04 Å². The summed E-state index contributed by atoms with van der Waals surface area (Å²) >= 11 is 0. The topological polar surface area (TPSA) is 71.3 Å². The average Bonchev–Trinajstić information content (AvgIpc) is 3.11. The molecule has 0 saturated heterocycles. The third-order valence-corrected chi connectivity index (χ3v) is 4.34. The van der Waals surface area contributed by atoms with E-state index in [2.05, 4.69) is 10.6 Å². The second-order valence-electron chi connectivity index (χ2n) is 7.09. The van der Waals surface area contributed by atoms with Gasteiger partial charge in [-0.05, 0) is 50.5 Å². The molecule has 0 aliphatic heterocycles. The fraction of sp³-hybridized carbons (Fsp3) is 0.429. The van der Waals surface area contributed by atoms with Gasteiger partial charge in [-0.15, -0.1) is 0 Å². The molecule has 0 saturated carbocycles. The van der Waals surface area contributed by atoms with Crippen molar-refractivity contribution in [1.29, 1.82) is 0 Å². The minimum Gasteiger partial charge on any atom is -0.469 e. The van der Waals surface area contributed by atoms with E-state index in [9.17, 15) is 9.59 Å². The first-order valence-electron chi connectivity index (χ1n) is 9.07. The van der Waals surface area contributed by atoms with Crippen LogP contribution in [0.1, 0.15) is 48.9 Å². The number of rotatable bonds is 8. The van der Waals surface area contributed by atoms with Crippen LogP contribution in [0, 0.1) is 12.8 Å². The molecule has 140 valence electrons. The molecule has 0 bridgehead atoms. The summed E-state index contributed by atoms with van der Waals surface area (Å²) in [6.45, 7) is 7.77. The van der Waals surface area contributed by atoms with E-state index >= 15 is 0 Å². The van der Waals surface area contributed by atoms with Crippen molar-refractivity contribution in [2.24, 2.45) is 5.92 Å². The quantitative estimate of drug-likeness (QED) is 0.761. The van der Waals surface area contributed by atoms with Crippen LogP contribution in [-0.4, -0.2) is 23.9 Å². The van der Waals surface area contributed by atoms with Gasteiger partial charge >= 0.3 is 0 Å². The first-order valence-corrected chi connectivity index (χ1v) is 9.07. The van der Waals surface area contributed by atoms with E-state index in [1.807, 2.05) is 52.0 Å². The number of benzene rings is 1. The third-order valence-electron chi connectivity index (χ3n) is 4.34. The molecule has 2 amide bonds. The van der Waals surface area contributed by atoms with Gasteiger partial charge in [0.25, 0.3) is 5.91 Å². The van der Waals surface area contributed by atoms with Crippen LogP contribution < -0.4 is 10.6 Å². The molecule has 0 radical (unpaired) electrons. The summed E-state index contributed by atoms with van der Waals surface area (Å²) in [6.07, 6.45) is 3.18. The fourth-order valence-corrected chi connectivity index (χ4v) is 2.68. The summed E-state index contributed by atoms with van der Waals surface area (Å²) in [5.74, 6) is 0.496. The fourth-order valence-electron chi connectivity index (χ4n) is 2.68. The van der Waals surface area contributed by atoms with Crippen molar-refractivity contribution >= 4 is 11.8 Å². The van der Waals surface area contributed by atoms with Gasteiger partial charge in [0.1, 0.15) is 11.8 Å². The number of amides is 2. The van der Waals surface area contributed by atoms with Gasteiger partial charge in [-0.25, -0.2) is 0 Å². The number of nitrogens with one attached hydrogen (secondary N) is 2. The van der Waals surface area contributed by atoms with Crippen molar-refractivity contribution < 1.29 is 14.0 Å². The second-order valence-corrected chi connectivity index (χ2v) is 7.09. The first-order chi connectivity index (χ1) is 12.4. The van der Waals surface area contributed by atoms with Crippen LogP contribution in [0.3, 0.4) is 0 Å². The lowest BCUT2D eigenvalue weighted by Crippen LogP contribution is -2.51. The van der Waals surface area contributed by atoms with E-state index in [1.54, 1.807) is 18.4 Å². The summed E-state index contributed by atoms with van der Waals surface area (Å²) in [5, 5.41) is 5.85. The Balaban J connectivity index is 1.91. The van der Waals surface area contributed by atoms with Crippen LogP contribution >= 0.6 is 0 Å². The Kier molecular flexibility index (Phi) is 7.01. The highest BCUT2D eigenvalue weighted by molar-refractivity contribution is 5.97. The molecule has 1 aromatic heterocycles. The summed E-state index contributed by atoms with van der Waals surface area (Å²) in [4.78, 5) is 25.1. The van der Waals surface area contributed by atoms with Crippen LogP contribution in [-0.2, 0) is 11.2 Å². The number of hydrogen-bond donors (Lipinski definition) is 2. The zero-order valence-electron chi connectivity index (χ0n) is 15.9. The largest absolute Gasteiger partial charge is 0.469 e. The number of aryl methyl sites for hydroxylation is 2. The third kappa shape index (κ3) is 5.76. The van der Waals surface area contributed by atoms with Gasteiger partial charge in [-0.2, -0.15) is 0 Å². The molecule has 0 spiro atoms. The van der Waals surface area contributed by atoms with Gasteiger partial charge in [0.05, 0.1) is 6.26 Å². The molecule has 2 N–H and O–H groups in total. The molecule has 5 nitrogen and oxygen atoms in total. The van der Waals surface area contributed by atoms with E-state index in [-0.39, 0.29) is 23.8 Å². The molecule has 26 heavy (non-hydrogen) atoms. The van der Waals surface area contributed by atoms with Gasteiger partial charge in [-0.1, -0.05) is 31.5 Å². The minimum absolute atomic E-state index is 0.00914. The Labute approximate surface area is 155 Å². The zero-order valence-corrected chi connectivity index (χ0v) is 15.9. The highest BCUT2D eigenvalue weighted by atomic mass is 16.3. The smallest absolute Gasteiger partial charge is 0.251 e. The number of carbonyl (C=O) groups excluding carboxylic acids is 2. The molecule has 1 aromatic carbocycles.